The lowest BCUT2D eigenvalue weighted by molar-refractivity contribution is 1.41. The van der Waals surface area contributed by atoms with Crippen LogP contribution in [0.15, 0.2) is 118 Å². The molecule has 4 aromatic carbocycles. The van der Waals surface area contributed by atoms with Gasteiger partial charge in [0.1, 0.15) is 0 Å². The minimum atomic E-state index is -0.0180. The fourth-order valence-electron chi connectivity index (χ4n) is 3.53. The zero-order valence-electron chi connectivity index (χ0n) is 16.1. The lowest BCUT2D eigenvalue weighted by Gasteiger charge is -2.08. The minimum absolute atomic E-state index is 0.0180. The molecule has 0 bridgehead atoms. The molecule has 1 heterocycles. The maximum Gasteiger partial charge on any atom is 0.199 e. The van der Waals surface area contributed by atoms with Crippen LogP contribution >= 0.6 is 11.8 Å². The number of fused-ring (bicyclic) bond motifs is 2. The second kappa shape index (κ2) is 8.01. The van der Waals surface area contributed by atoms with Gasteiger partial charge >= 0.3 is 0 Å². The van der Waals surface area contributed by atoms with Crippen molar-refractivity contribution in [3.05, 3.63) is 113 Å². The highest BCUT2D eigenvalue weighted by molar-refractivity contribution is 7.99. The minimum Gasteiger partial charge on any atom is -0.355 e. The average Bonchev–Trinajstić information content (AvgIpc) is 2.93. The first-order chi connectivity index (χ1) is 14.8. The number of nitrogens with zero attached hydrogens (tertiary/aromatic N) is 1. The van der Waals surface area contributed by atoms with Crippen molar-refractivity contribution in [1.29, 1.82) is 0 Å². The van der Waals surface area contributed by atoms with E-state index in [4.69, 9.17) is 0 Å². The van der Waals surface area contributed by atoms with Gasteiger partial charge in [-0.1, -0.05) is 66.4 Å². The van der Waals surface area contributed by atoms with E-state index in [9.17, 15) is 4.79 Å². The zero-order chi connectivity index (χ0) is 20.3. The Morgan fingerprint density at radius 2 is 1.43 bits per heavy atom. The van der Waals surface area contributed by atoms with E-state index in [-0.39, 0.29) is 5.43 Å². The third-order valence-corrected chi connectivity index (χ3v) is 5.99. The molecule has 0 saturated carbocycles. The summed E-state index contributed by atoms with van der Waals surface area (Å²) in [5.41, 5.74) is 2.40. The maximum absolute atomic E-state index is 13.8. The van der Waals surface area contributed by atoms with Crippen LogP contribution in [0.4, 0.5) is 11.4 Å². The Hall–Kier alpha value is -3.63. The summed E-state index contributed by atoms with van der Waals surface area (Å²) in [6, 6.07) is 31.6. The summed E-state index contributed by atoms with van der Waals surface area (Å²) in [5.74, 6) is 0. The predicted octanol–water partition coefficient (Wildman–Crippen LogP) is 6.64. The molecule has 144 valence electrons. The molecule has 0 spiro atoms. The number of benzene rings is 4. The first-order valence-corrected chi connectivity index (χ1v) is 10.5. The molecule has 0 saturated heterocycles. The summed E-state index contributed by atoms with van der Waals surface area (Å²) in [6.07, 6.45) is 1.78. The molecule has 5 aromatic rings. The van der Waals surface area contributed by atoms with Gasteiger partial charge in [-0.25, -0.2) is 0 Å². The first kappa shape index (κ1) is 18.4. The fraction of sp³-hybridized carbons (Fsp3) is 0. The largest absolute Gasteiger partial charge is 0.355 e. The van der Waals surface area contributed by atoms with Crippen LogP contribution in [-0.2, 0) is 0 Å². The van der Waals surface area contributed by atoms with E-state index in [0.29, 0.717) is 16.3 Å². The molecule has 30 heavy (non-hydrogen) atoms. The Morgan fingerprint density at radius 1 is 0.700 bits per heavy atom. The summed E-state index contributed by atoms with van der Waals surface area (Å²) in [5, 5.41) is 5.50. The number of hydrogen-bond donors (Lipinski definition) is 1. The van der Waals surface area contributed by atoms with Crippen molar-refractivity contribution in [3.63, 3.8) is 0 Å². The zero-order valence-corrected chi connectivity index (χ0v) is 16.9. The van der Waals surface area contributed by atoms with E-state index in [2.05, 4.69) is 10.3 Å². The number of rotatable bonds is 4. The SMILES string of the molecule is O=c1c2c(Nc3ccccc3)cccc2cnc2cccc(Sc3ccccc3)c12. The third-order valence-electron chi connectivity index (χ3n) is 4.92. The topological polar surface area (TPSA) is 42.0 Å². The van der Waals surface area contributed by atoms with Crippen molar-refractivity contribution in [2.45, 2.75) is 9.79 Å². The average molecular weight is 407 g/mol. The molecule has 0 aliphatic rings. The molecule has 0 radical (unpaired) electrons. The van der Waals surface area contributed by atoms with Crippen molar-refractivity contribution in [1.82, 2.24) is 4.98 Å². The van der Waals surface area contributed by atoms with Gasteiger partial charge in [-0.05, 0) is 42.5 Å². The Bertz CT molecular complexity index is 1300. The highest BCUT2D eigenvalue weighted by atomic mass is 32.2. The Kier molecular flexibility index (Phi) is 4.91. The van der Waals surface area contributed by atoms with Gasteiger partial charge in [0.25, 0.3) is 0 Å². The van der Waals surface area contributed by atoms with Crippen LogP contribution in [0, 0.1) is 0 Å². The summed E-state index contributed by atoms with van der Waals surface area (Å²) in [7, 11) is 0. The third kappa shape index (κ3) is 3.53. The Morgan fingerprint density at radius 3 is 2.23 bits per heavy atom. The molecule has 3 nitrogen and oxygen atoms in total. The standard InChI is InChI=1S/C26H18N2OS/c29-26-24-18(9-7-15-22(24)28-19-10-3-1-4-11-19)17-27-21-14-8-16-23(25(21)26)30-20-12-5-2-6-13-20/h1-17,28H. The predicted molar refractivity (Wildman–Crippen MR) is 126 cm³/mol. The number of anilines is 2. The van der Waals surface area contributed by atoms with Gasteiger partial charge < -0.3 is 5.32 Å². The Labute approximate surface area is 178 Å². The molecular weight excluding hydrogens is 388 g/mol. The molecule has 0 unspecified atom stereocenters. The van der Waals surface area contributed by atoms with Gasteiger partial charge in [-0.15, -0.1) is 0 Å². The second-order valence-electron chi connectivity index (χ2n) is 6.91. The monoisotopic (exact) mass is 406 g/mol. The fourth-order valence-corrected chi connectivity index (χ4v) is 4.53. The van der Waals surface area contributed by atoms with E-state index in [1.807, 2.05) is 97.1 Å². The van der Waals surface area contributed by atoms with Gasteiger partial charge in [-0.3, -0.25) is 9.78 Å². The van der Waals surface area contributed by atoms with E-state index < -0.39 is 0 Å². The van der Waals surface area contributed by atoms with Gasteiger partial charge in [-0.2, -0.15) is 0 Å². The van der Waals surface area contributed by atoms with E-state index in [1.165, 1.54) is 0 Å². The van der Waals surface area contributed by atoms with E-state index in [1.54, 1.807) is 18.0 Å². The van der Waals surface area contributed by atoms with Crippen LogP contribution in [0.25, 0.3) is 21.7 Å². The lowest BCUT2D eigenvalue weighted by atomic mass is 10.1. The maximum atomic E-state index is 13.8. The number of nitrogens with one attached hydrogen (secondary N) is 1. The van der Waals surface area contributed by atoms with Crippen molar-refractivity contribution >= 4 is 44.8 Å². The van der Waals surface area contributed by atoms with Gasteiger partial charge in [0.05, 0.1) is 22.0 Å². The molecule has 5 rings (SSSR count). The van der Waals surface area contributed by atoms with Gasteiger partial charge in [0.2, 0.25) is 0 Å². The van der Waals surface area contributed by atoms with Gasteiger partial charge in [0, 0.05) is 27.1 Å². The smallest absolute Gasteiger partial charge is 0.199 e. The van der Waals surface area contributed by atoms with Crippen molar-refractivity contribution < 1.29 is 0 Å². The number of hydrogen-bond acceptors (Lipinski definition) is 4. The molecule has 0 amide bonds. The van der Waals surface area contributed by atoms with E-state index in [0.717, 1.165) is 26.6 Å². The molecule has 0 aliphatic heterocycles. The van der Waals surface area contributed by atoms with Crippen LogP contribution in [0.1, 0.15) is 0 Å². The van der Waals surface area contributed by atoms with Crippen LogP contribution in [0.2, 0.25) is 0 Å². The molecule has 0 aliphatic carbocycles. The van der Waals surface area contributed by atoms with Gasteiger partial charge in [0.15, 0.2) is 5.43 Å². The highest BCUT2D eigenvalue weighted by Crippen LogP contribution is 2.32. The normalized spacial score (nSPS) is 10.9. The summed E-state index contributed by atoms with van der Waals surface area (Å²) in [6.45, 7) is 0. The first-order valence-electron chi connectivity index (χ1n) is 9.69. The number of aromatic nitrogens is 1. The molecule has 0 atom stereocenters. The Balaban J connectivity index is 1.76. The summed E-state index contributed by atoms with van der Waals surface area (Å²) in [4.78, 5) is 20.5. The van der Waals surface area contributed by atoms with Crippen molar-refractivity contribution in [2.24, 2.45) is 0 Å². The molecular formula is C26H18N2OS. The quantitative estimate of drug-likeness (QED) is 0.363. The molecule has 1 aromatic heterocycles. The highest BCUT2D eigenvalue weighted by Gasteiger charge is 2.12. The number of para-hydroxylation sites is 1. The van der Waals surface area contributed by atoms with Crippen LogP contribution < -0.4 is 10.7 Å². The van der Waals surface area contributed by atoms with E-state index >= 15 is 0 Å². The summed E-state index contributed by atoms with van der Waals surface area (Å²) < 4.78 is 0. The van der Waals surface area contributed by atoms with Crippen LogP contribution in [-0.4, -0.2) is 4.98 Å². The van der Waals surface area contributed by atoms with Crippen LogP contribution in [0.5, 0.6) is 0 Å². The van der Waals surface area contributed by atoms with Crippen LogP contribution in [0.3, 0.4) is 0 Å². The molecule has 1 N–H and O–H groups in total. The molecule has 4 heteroatoms. The summed E-state index contributed by atoms with van der Waals surface area (Å²) >= 11 is 1.58. The van der Waals surface area contributed by atoms with Crippen molar-refractivity contribution in [2.75, 3.05) is 5.32 Å². The molecule has 0 fully saturated rings. The lowest BCUT2D eigenvalue weighted by Crippen LogP contribution is -2.03. The second-order valence-corrected chi connectivity index (χ2v) is 8.03. The van der Waals surface area contributed by atoms with Crippen molar-refractivity contribution in [3.8, 4) is 0 Å².